The summed E-state index contributed by atoms with van der Waals surface area (Å²) >= 11 is 0. The number of benzene rings is 1. The van der Waals surface area contributed by atoms with E-state index in [2.05, 4.69) is 9.71 Å². The van der Waals surface area contributed by atoms with E-state index in [0.29, 0.717) is 17.1 Å². The molecule has 26 heavy (non-hydrogen) atoms. The van der Waals surface area contributed by atoms with Gasteiger partial charge in [-0.15, -0.1) is 4.40 Å². The molecule has 0 bridgehead atoms. The highest BCUT2D eigenvalue weighted by molar-refractivity contribution is 7.88. The molecule has 1 N–H and O–H groups in total. The maximum Gasteiger partial charge on any atom is 0.345 e. The van der Waals surface area contributed by atoms with Crippen LogP contribution in [0, 0.1) is 0 Å². The number of carbonyl (C=O) groups is 1. The highest BCUT2D eigenvalue weighted by atomic mass is 32.2. The molecule has 1 amide bonds. The molecule has 1 heterocycles. The summed E-state index contributed by atoms with van der Waals surface area (Å²) in [4.78, 5) is 12.5. The van der Waals surface area contributed by atoms with Crippen molar-refractivity contribution in [3.05, 3.63) is 35.5 Å². The van der Waals surface area contributed by atoms with Crippen LogP contribution >= 0.6 is 0 Å². The molecule has 0 saturated heterocycles. The van der Waals surface area contributed by atoms with E-state index in [1.165, 1.54) is 27.3 Å². The summed E-state index contributed by atoms with van der Waals surface area (Å²) in [7, 11) is 0.275. The molecule has 1 aromatic carbocycles. The standard InChI is InChI=1S/C17H23N3O5S/c1-6-11(2)18-17(21)14-10-13(19-26(22,23)20(14)3)12-7-8-15(24-4)16(9-12)25-5/h7-11H,6H2,1-5H3,(H,18,21)/t11-/m1/s1. The molecule has 1 aliphatic heterocycles. The minimum absolute atomic E-state index is 0.00471. The third kappa shape index (κ3) is 3.98. The molecular weight excluding hydrogens is 358 g/mol. The molecule has 9 heteroatoms. The normalized spacial score (nSPS) is 17.0. The first-order valence-corrected chi connectivity index (χ1v) is 9.47. The molecular formula is C17H23N3O5S. The quantitative estimate of drug-likeness (QED) is 0.805. The highest BCUT2D eigenvalue weighted by Crippen LogP contribution is 2.29. The van der Waals surface area contributed by atoms with Gasteiger partial charge in [-0.25, -0.2) is 4.31 Å². The molecule has 0 radical (unpaired) electrons. The fraction of sp³-hybridized carbons (Fsp3) is 0.412. The second kappa shape index (κ2) is 7.77. The number of carbonyl (C=O) groups excluding carboxylic acids is 1. The summed E-state index contributed by atoms with van der Waals surface area (Å²) in [5.41, 5.74) is 0.650. The predicted octanol–water partition coefficient (Wildman–Crippen LogP) is 1.48. The van der Waals surface area contributed by atoms with E-state index < -0.39 is 16.1 Å². The Kier molecular flexibility index (Phi) is 5.91. The van der Waals surface area contributed by atoms with Gasteiger partial charge in [-0.2, -0.15) is 8.42 Å². The molecule has 142 valence electrons. The average Bonchev–Trinajstić information content (AvgIpc) is 2.62. The first-order valence-electron chi connectivity index (χ1n) is 8.07. The lowest BCUT2D eigenvalue weighted by molar-refractivity contribution is -0.119. The van der Waals surface area contributed by atoms with Gasteiger partial charge >= 0.3 is 10.2 Å². The smallest absolute Gasteiger partial charge is 0.345 e. The molecule has 1 aromatic rings. The van der Waals surface area contributed by atoms with Gasteiger partial charge in [0.2, 0.25) is 0 Å². The first kappa shape index (κ1) is 19.8. The van der Waals surface area contributed by atoms with Gasteiger partial charge < -0.3 is 14.8 Å². The van der Waals surface area contributed by atoms with E-state index in [0.717, 1.165) is 10.7 Å². The zero-order valence-electron chi connectivity index (χ0n) is 15.4. The van der Waals surface area contributed by atoms with Crippen LogP contribution in [-0.2, 0) is 15.0 Å². The maximum absolute atomic E-state index is 12.5. The number of nitrogens with zero attached hydrogens (tertiary/aromatic N) is 2. The van der Waals surface area contributed by atoms with Gasteiger partial charge in [-0.1, -0.05) is 6.92 Å². The number of amides is 1. The van der Waals surface area contributed by atoms with Crippen molar-refractivity contribution in [2.75, 3.05) is 21.3 Å². The van der Waals surface area contributed by atoms with E-state index in [1.807, 2.05) is 13.8 Å². The first-order chi connectivity index (χ1) is 12.2. The highest BCUT2D eigenvalue weighted by Gasteiger charge is 2.30. The summed E-state index contributed by atoms with van der Waals surface area (Å²) in [6.07, 6.45) is 2.17. The summed E-state index contributed by atoms with van der Waals surface area (Å²) in [6, 6.07) is 4.83. The Morgan fingerprint density at radius 2 is 1.92 bits per heavy atom. The number of hydrogen-bond donors (Lipinski definition) is 1. The number of nitrogens with one attached hydrogen (secondary N) is 1. The molecule has 0 aromatic heterocycles. The van der Waals surface area contributed by atoms with E-state index in [4.69, 9.17) is 9.47 Å². The van der Waals surface area contributed by atoms with Gasteiger partial charge in [0, 0.05) is 18.7 Å². The molecule has 1 aliphatic rings. The van der Waals surface area contributed by atoms with Gasteiger partial charge in [-0.3, -0.25) is 4.79 Å². The van der Waals surface area contributed by atoms with E-state index in [-0.39, 0.29) is 17.5 Å². The van der Waals surface area contributed by atoms with E-state index >= 15 is 0 Å². The zero-order valence-corrected chi connectivity index (χ0v) is 16.3. The second-order valence-corrected chi connectivity index (χ2v) is 7.43. The van der Waals surface area contributed by atoms with Crippen LogP contribution in [0.5, 0.6) is 11.5 Å². The van der Waals surface area contributed by atoms with Crippen molar-refractivity contribution in [3.63, 3.8) is 0 Å². The SMILES string of the molecule is CC[C@@H](C)NC(=O)C1=CC(c2ccc(OC)c(OC)c2)=NS(=O)(=O)N1C. The van der Waals surface area contributed by atoms with Crippen LogP contribution in [-0.4, -0.2) is 51.7 Å². The zero-order chi connectivity index (χ0) is 19.5. The Hall–Kier alpha value is -2.55. The maximum atomic E-state index is 12.5. The van der Waals surface area contributed by atoms with Crippen LogP contribution in [0.25, 0.3) is 0 Å². The van der Waals surface area contributed by atoms with Crippen molar-refractivity contribution in [1.29, 1.82) is 0 Å². The number of likely N-dealkylation sites (N-methyl/N-ethyl adjacent to an activating group) is 1. The van der Waals surface area contributed by atoms with E-state index in [1.54, 1.807) is 18.2 Å². The lowest BCUT2D eigenvalue weighted by Gasteiger charge is -2.24. The van der Waals surface area contributed by atoms with E-state index in [9.17, 15) is 13.2 Å². The van der Waals surface area contributed by atoms with Crippen LogP contribution in [0.1, 0.15) is 25.8 Å². The Labute approximate surface area is 153 Å². The molecule has 0 aliphatic carbocycles. The summed E-state index contributed by atoms with van der Waals surface area (Å²) in [5.74, 6) is 0.465. The van der Waals surface area contributed by atoms with Gasteiger partial charge in [0.25, 0.3) is 5.91 Å². The van der Waals surface area contributed by atoms with Gasteiger partial charge in [0.15, 0.2) is 11.5 Å². The molecule has 8 nitrogen and oxygen atoms in total. The number of methoxy groups -OCH3 is 2. The van der Waals surface area contributed by atoms with Crippen molar-refractivity contribution in [1.82, 2.24) is 9.62 Å². The van der Waals surface area contributed by atoms with Crippen molar-refractivity contribution in [3.8, 4) is 11.5 Å². The fourth-order valence-electron chi connectivity index (χ4n) is 2.30. The molecule has 2 rings (SSSR count). The van der Waals surface area contributed by atoms with Crippen molar-refractivity contribution in [2.24, 2.45) is 4.40 Å². The van der Waals surface area contributed by atoms with Crippen LogP contribution in [0.4, 0.5) is 0 Å². The number of rotatable bonds is 6. The molecule has 0 spiro atoms. The third-order valence-corrected chi connectivity index (χ3v) is 5.39. The fourth-order valence-corrected chi connectivity index (χ4v) is 3.21. The largest absolute Gasteiger partial charge is 0.493 e. The third-order valence-electron chi connectivity index (χ3n) is 4.07. The Morgan fingerprint density at radius 1 is 1.27 bits per heavy atom. The van der Waals surface area contributed by atoms with Crippen molar-refractivity contribution >= 4 is 21.8 Å². The number of allylic oxidation sites excluding steroid dienone is 1. The van der Waals surface area contributed by atoms with Crippen LogP contribution in [0.15, 0.2) is 34.4 Å². The second-order valence-electron chi connectivity index (χ2n) is 5.80. The lowest BCUT2D eigenvalue weighted by Crippen LogP contribution is -2.41. The van der Waals surface area contributed by atoms with Crippen LogP contribution in [0.3, 0.4) is 0 Å². The van der Waals surface area contributed by atoms with Gasteiger partial charge in [0.05, 0.1) is 19.9 Å². The molecule has 0 fully saturated rings. The Bertz CT molecular complexity index is 861. The van der Waals surface area contributed by atoms with Crippen molar-refractivity contribution < 1.29 is 22.7 Å². The minimum atomic E-state index is -4.01. The number of hydrogen-bond acceptors (Lipinski definition) is 5. The van der Waals surface area contributed by atoms with Crippen LogP contribution < -0.4 is 14.8 Å². The average molecular weight is 381 g/mol. The topological polar surface area (TPSA) is 97.3 Å². The lowest BCUT2D eigenvalue weighted by atomic mass is 10.1. The molecule has 0 unspecified atom stereocenters. The Morgan fingerprint density at radius 3 is 2.50 bits per heavy atom. The summed E-state index contributed by atoms with van der Waals surface area (Å²) in [5, 5.41) is 2.77. The van der Waals surface area contributed by atoms with Gasteiger partial charge in [0.1, 0.15) is 5.70 Å². The summed E-state index contributed by atoms with van der Waals surface area (Å²) < 4.78 is 39.8. The monoisotopic (exact) mass is 381 g/mol. The summed E-state index contributed by atoms with van der Waals surface area (Å²) in [6.45, 7) is 3.77. The van der Waals surface area contributed by atoms with Crippen molar-refractivity contribution in [2.45, 2.75) is 26.3 Å². The number of ether oxygens (including phenoxy) is 2. The Balaban J connectivity index is 2.49. The minimum Gasteiger partial charge on any atom is -0.493 e. The molecule has 0 saturated carbocycles. The molecule has 1 atom stereocenters. The predicted molar refractivity (Wildman–Crippen MR) is 98.7 cm³/mol. The van der Waals surface area contributed by atoms with Crippen LogP contribution in [0.2, 0.25) is 0 Å². The van der Waals surface area contributed by atoms with Gasteiger partial charge in [-0.05, 0) is 37.6 Å².